The molecule has 1 N–H and O–H groups in total. The molecule has 0 amide bonds. The Balaban J connectivity index is 3.11. The van der Waals surface area contributed by atoms with Crippen molar-refractivity contribution in [2.45, 2.75) is 19.1 Å². The molecule has 2 unspecified atom stereocenters. The van der Waals surface area contributed by atoms with E-state index in [9.17, 15) is 26.4 Å². The van der Waals surface area contributed by atoms with Crippen LogP contribution in [0.25, 0.3) is 0 Å². The third kappa shape index (κ3) is 2.95. The number of hydrogen-bond donors (Lipinski definition) is 1. The van der Waals surface area contributed by atoms with Crippen LogP contribution in [0.1, 0.15) is 6.92 Å². The Labute approximate surface area is 102 Å². The lowest BCUT2D eigenvalue weighted by Gasteiger charge is -2.22. The van der Waals surface area contributed by atoms with Gasteiger partial charge in [0.2, 0.25) is 0 Å². The van der Waals surface area contributed by atoms with Gasteiger partial charge in [0, 0.05) is 12.5 Å². The number of rotatable bonds is 3. The number of halogens is 3. The molecule has 1 heterocycles. The van der Waals surface area contributed by atoms with Crippen molar-refractivity contribution in [2.24, 2.45) is 5.92 Å². The molecule has 0 aromatic rings. The molecule has 0 aromatic heterocycles. The van der Waals surface area contributed by atoms with Gasteiger partial charge in [0.15, 0.2) is 9.84 Å². The van der Waals surface area contributed by atoms with E-state index in [0.29, 0.717) is 12.5 Å². The fourth-order valence-electron chi connectivity index (χ4n) is 1.65. The number of ether oxygens (including phenoxy) is 1. The van der Waals surface area contributed by atoms with Gasteiger partial charge in [0.1, 0.15) is 12.0 Å². The Hall–Kier alpha value is -1.25. The van der Waals surface area contributed by atoms with Crippen molar-refractivity contribution < 1.29 is 31.1 Å². The van der Waals surface area contributed by atoms with Crippen molar-refractivity contribution in [3.8, 4) is 0 Å². The number of alkyl halides is 3. The first-order chi connectivity index (χ1) is 8.09. The summed E-state index contributed by atoms with van der Waals surface area (Å²) in [6.45, 7) is 1.36. The first kappa shape index (κ1) is 14.8. The summed E-state index contributed by atoms with van der Waals surface area (Å²) in [5, 5.41) is 2.12. The Morgan fingerprint density at radius 2 is 2.06 bits per heavy atom. The maximum atomic E-state index is 12.8. The van der Waals surface area contributed by atoms with E-state index in [2.05, 4.69) is 10.1 Å². The average molecular weight is 287 g/mol. The van der Waals surface area contributed by atoms with Gasteiger partial charge in [-0.25, -0.2) is 13.2 Å². The van der Waals surface area contributed by atoms with Crippen molar-refractivity contribution in [1.29, 1.82) is 0 Å². The number of carbonyl (C=O) groups excluding carboxylic acids is 1. The quantitative estimate of drug-likeness (QED) is 0.769. The van der Waals surface area contributed by atoms with E-state index in [1.54, 1.807) is 0 Å². The van der Waals surface area contributed by atoms with E-state index < -0.39 is 38.8 Å². The van der Waals surface area contributed by atoms with E-state index in [1.165, 1.54) is 6.92 Å². The molecule has 0 saturated heterocycles. The molecule has 9 heteroatoms. The summed E-state index contributed by atoms with van der Waals surface area (Å²) in [4.78, 5) is 10.5. The number of carbonyl (C=O) groups is 1. The highest BCUT2D eigenvalue weighted by Crippen LogP contribution is 2.39. The summed E-state index contributed by atoms with van der Waals surface area (Å²) in [6.07, 6.45) is -3.49. The molecule has 2 atom stereocenters. The van der Waals surface area contributed by atoms with E-state index in [4.69, 9.17) is 0 Å². The zero-order chi connectivity index (χ0) is 14.1. The number of nitrogens with one attached hydrogen (secondary N) is 1. The molecular weight excluding hydrogens is 275 g/mol. The minimum Gasteiger partial charge on any atom is -0.464 e. The van der Waals surface area contributed by atoms with Crippen LogP contribution in [-0.4, -0.2) is 39.5 Å². The summed E-state index contributed by atoms with van der Waals surface area (Å²) >= 11 is 0. The maximum absolute atomic E-state index is 12.8. The van der Waals surface area contributed by atoms with Crippen LogP contribution in [0.3, 0.4) is 0 Å². The Kier molecular flexibility index (Phi) is 3.94. The van der Waals surface area contributed by atoms with Gasteiger partial charge in [0.25, 0.3) is 0 Å². The molecular formula is C9H12F3NO4S. The van der Waals surface area contributed by atoms with Crippen LogP contribution in [0.4, 0.5) is 13.2 Å². The molecule has 0 saturated carbocycles. The van der Waals surface area contributed by atoms with Gasteiger partial charge < -0.3 is 10.1 Å². The minimum atomic E-state index is -4.85. The molecule has 1 rings (SSSR count). The Morgan fingerprint density at radius 1 is 1.50 bits per heavy atom. The van der Waals surface area contributed by atoms with Gasteiger partial charge in [-0.1, -0.05) is 0 Å². The van der Waals surface area contributed by atoms with Crippen LogP contribution in [-0.2, 0) is 19.4 Å². The molecule has 104 valence electrons. The molecule has 0 bridgehead atoms. The average Bonchev–Trinajstić information content (AvgIpc) is 2.60. The molecule has 0 aromatic carbocycles. The van der Waals surface area contributed by atoms with E-state index >= 15 is 0 Å². The lowest BCUT2D eigenvalue weighted by atomic mass is 10.0. The van der Waals surface area contributed by atoms with Gasteiger partial charge in [-0.15, -0.1) is 0 Å². The van der Waals surface area contributed by atoms with Crippen LogP contribution in [0.2, 0.25) is 0 Å². The third-order valence-corrected chi connectivity index (χ3v) is 3.59. The smallest absolute Gasteiger partial charge is 0.399 e. The van der Waals surface area contributed by atoms with Crippen molar-refractivity contribution >= 4 is 15.8 Å². The van der Waals surface area contributed by atoms with Crippen LogP contribution in [0, 0.1) is 5.92 Å². The molecule has 5 nitrogen and oxygen atoms in total. The van der Waals surface area contributed by atoms with Crippen LogP contribution < -0.4 is 5.32 Å². The SMILES string of the molecule is CCOC(=O)C1NC=C(S(C)(=O)=O)C1C(F)(F)F. The van der Waals surface area contributed by atoms with Gasteiger partial charge in [0.05, 0.1) is 11.5 Å². The first-order valence-electron chi connectivity index (χ1n) is 4.98. The molecule has 0 spiro atoms. The normalized spacial score (nSPS) is 24.4. The number of esters is 1. The fourth-order valence-corrected chi connectivity index (χ4v) is 2.66. The third-order valence-electron chi connectivity index (χ3n) is 2.37. The Bertz CT molecular complexity index is 469. The van der Waals surface area contributed by atoms with Gasteiger partial charge >= 0.3 is 12.1 Å². The summed E-state index contributed by atoms with van der Waals surface area (Å²) in [7, 11) is -4.05. The minimum absolute atomic E-state index is 0.0875. The van der Waals surface area contributed by atoms with Crippen molar-refractivity contribution in [2.75, 3.05) is 12.9 Å². The highest BCUT2D eigenvalue weighted by Gasteiger charge is 2.55. The van der Waals surface area contributed by atoms with Gasteiger partial charge in [-0.2, -0.15) is 13.2 Å². The largest absolute Gasteiger partial charge is 0.464 e. The lowest BCUT2D eigenvalue weighted by Crippen LogP contribution is -2.44. The van der Waals surface area contributed by atoms with E-state index in [-0.39, 0.29) is 6.61 Å². The molecule has 18 heavy (non-hydrogen) atoms. The lowest BCUT2D eigenvalue weighted by molar-refractivity contribution is -0.178. The monoisotopic (exact) mass is 287 g/mol. The second-order valence-electron chi connectivity index (χ2n) is 3.73. The second-order valence-corrected chi connectivity index (χ2v) is 5.75. The van der Waals surface area contributed by atoms with Crippen molar-refractivity contribution in [1.82, 2.24) is 5.32 Å². The summed E-state index contributed by atoms with van der Waals surface area (Å²) in [6, 6.07) is -1.75. The van der Waals surface area contributed by atoms with Crippen LogP contribution in [0.5, 0.6) is 0 Å². The Morgan fingerprint density at radius 3 is 2.44 bits per heavy atom. The molecule has 0 fully saturated rings. The summed E-state index contributed by atoms with van der Waals surface area (Å²) in [5.74, 6) is -3.54. The molecule has 1 aliphatic heterocycles. The summed E-state index contributed by atoms with van der Waals surface area (Å²) in [5.41, 5.74) is 0. The van der Waals surface area contributed by atoms with Crippen LogP contribution in [0.15, 0.2) is 11.1 Å². The van der Waals surface area contributed by atoms with Crippen molar-refractivity contribution in [3.63, 3.8) is 0 Å². The van der Waals surface area contributed by atoms with Crippen LogP contribution >= 0.6 is 0 Å². The van der Waals surface area contributed by atoms with Gasteiger partial charge in [-0.3, -0.25) is 0 Å². The zero-order valence-corrected chi connectivity index (χ0v) is 10.4. The predicted octanol–water partition coefficient (Wildman–Crippen LogP) is 0.586. The number of hydrogen-bond acceptors (Lipinski definition) is 5. The highest BCUT2D eigenvalue weighted by molar-refractivity contribution is 7.94. The zero-order valence-electron chi connectivity index (χ0n) is 9.61. The van der Waals surface area contributed by atoms with E-state index in [1.807, 2.05) is 0 Å². The molecule has 0 radical (unpaired) electrons. The van der Waals surface area contributed by atoms with Crippen molar-refractivity contribution in [3.05, 3.63) is 11.1 Å². The van der Waals surface area contributed by atoms with E-state index in [0.717, 1.165) is 0 Å². The van der Waals surface area contributed by atoms with Gasteiger partial charge in [-0.05, 0) is 6.92 Å². The second kappa shape index (κ2) is 4.79. The first-order valence-corrected chi connectivity index (χ1v) is 6.87. The maximum Gasteiger partial charge on any atom is 0.399 e. The number of sulfone groups is 1. The molecule has 0 aliphatic carbocycles. The molecule has 1 aliphatic rings. The fraction of sp³-hybridized carbons (Fsp3) is 0.667. The predicted molar refractivity (Wildman–Crippen MR) is 56.0 cm³/mol. The topological polar surface area (TPSA) is 72.5 Å². The standard InChI is InChI=1S/C9H12F3NO4S/c1-3-17-8(14)7-6(9(10,11)12)5(4-13-7)18(2,15)16/h4,6-7,13H,3H2,1-2H3. The highest BCUT2D eigenvalue weighted by atomic mass is 32.2. The summed E-state index contributed by atoms with van der Waals surface area (Å²) < 4.78 is 65.5.